The minimum atomic E-state index is -0.776. The third-order valence-electron chi connectivity index (χ3n) is 2.90. The van der Waals surface area contributed by atoms with Gasteiger partial charge in [-0.25, -0.2) is 4.39 Å². The molecule has 23 heavy (non-hydrogen) atoms. The number of hydrogen-bond donors (Lipinski definition) is 1. The molecule has 0 saturated carbocycles. The highest BCUT2D eigenvalue weighted by molar-refractivity contribution is 9.10. The second-order valence-electron chi connectivity index (χ2n) is 4.45. The predicted molar refractivity (Wildman–Crippen MR) is 86.3 cm³/mol. The first-order chi connectivity index (χ1) is 10.9. The van der Waals surface area contributed by atoms with E-state index in [4.69, 9.17) is 4.74 Å². The van der Waals surface area contributed by atoms with Crippen molar-refractivity contribution in [3.05, 3.63) is 62.4 Å². The van der Waals surface area contributed by atoms with E-state index in [1.54, 1.807) is 6.92 Å². The van der Waals surface area contributed by atoms with E-state index in [0.717, 1.165) is 6.07 Å². The largest absolute Gasteiger partial charge is 0.494 e. The fourth-order valence-corrected chi connectivity index (χ4v) is 2.22. The second kappa shape index (κ2) is 7.19. The van der Waals surface area contributed by atoms with E-state index in [-0.39, 0.29) is 16.9 Å². The highest BCUT2D eigenvalue weighted by Crippen LogP contribution is 2.29. The lowest BCUT2D eigenvalue weighted by molar-refractivity contribution is -0.384. The van der Waals surface area contributed by atoms with Crippen LogP contribution in [0, 0.1) is 15.9 Å². The van der Waals surface area contributed by atoms with E-state index in [1.165, 1.54) is 30.3 Å². The number of nitrogens with one attached hydrogen (secondary N) is 1. The average molecular weight is 383 g/mol. The van der Waals surface area contributed by atoms with Gasteiger partial charge in [-0.2, -0.15) is 0 Å². The predicted octanol–water partition coefficient (Wildman–Crippen LogP) is 4.15. The summed E-state index contributed by atoms with van der Waals surface area (Å²) in [6.45, 7) is 2.10. The van der Waals surface area contributed by atoms with Crippen LogP contribution in [0.15, 0.2) is 40.9 Å². The number of benzene rings is 2. The van der Waals surface area contributed by atoms with Gasteiger partial charge in [-0.1, -0.05) is 15.9 Å². The van der Waals surface area contributed by atoms with Crippen molar-refractivity contribution in [1.82, 2.24) is 0 Å². The van der Waals surface area contributed by atoms with Crippen LogP contribution in [0.5, 0.6) is 5.75 Å². The summed E-state index contributed by atoms with van der Waals surface area (Å²) >= 11 is 3.09. The molecule has 0 radical (unpaired) electrons. The van der Waals surface area contributed by atoms with Gasteiger partial charge in [0.05, 0.1) is 23.2 Å². The van der Waals surface area contributed by atoms with Gasteiger partial charge in [0.25, 0.3) is 11.6 Å². The van der Waals surface area contributed by atoms with E-state index in [2.05, 4.69) is 21.2 Å². The standard InChI is InChI=1S/C15H12BrFN2O4/c1-2-23-10-4-6-13(14(8-10)19(21)22)18-15(20)11-5-3-9(16)7-12(11)17/h3-8H,2H2,1H3,(H,18,20). The average Bonchev–Trinajstić information content (AvgIpc) is 2.48. The molecule has 0 spiro atoms. The first-order valence-electron chi connectivity index (χ1n) is 6.60. The van der Waals surface area contributed by atoms with Crippen LogP contribution in [0.25, 0.3) is 0 Å². The van der Waals surface area contributed by atoms with Gasteiger partial charge >= 0.3 is 0 Å². The molecular weight excluding hydrogens is 371 g/mol. The fourth-order valence-electron chi connectivity index (χ4n) is 1.89. The zero-order chi connectivity index (χ0) is 17.0. The van der Waals surface area contributed by atoms with Crippen molar-refractivity contribution in [2.75, 3.05) is 11.9 Å². The maximum atomic E-state index is 13.8. The quantitative estimate of drug-likeness (QED) is 0.621. The highest BCUT2D eigenvalue weighted by Gasteiger charge is 2.19. The van der Waals surface area contributed by atoms with Gasteiger partial charge in [0, 0.05) is 4.47 Å². The maximum absolute atomic E-state index is 13.8. The van der Waals surface area contributed by atoms with Crippen molar-refractivity contribution in [2.24, 2.45) is 0 Å². The van der Waals surface area contributed by atoms with Gasteiger partial charge in [0.1, 0.15) is 17.3 Å². The Kier molecular flexibility index (Phi) is 5.28. The monoisotopic (exact) mass is 382 g/mol. The van der Waals surface area contributed by atoms with Crippen LogP contribution in [-0.4, -0.2) is 17.4 Å². The van der Waals surface area contributed by atoms with Crippen LogP contribution in [0.4, 0.5) is 15.8 Å². The van der Waals surface area contributed by atoms with Gasteiger partial charge in [-0.05, 0) is 37.3 Å². The van der Waals surface area contributed by atoms with Crippen molar-refractivity contribution < 1.29 is 18.8 Å². The van der Waals surface area contributed by atoms with Crippen LogP contribution in [0.3, 0.4) is 0 Å². The van der Waals surface area contributed by atoms with Gasteiger partial charge in [0.2, 0.25) is 0 Å². The maximum Gasteiger partial charge on any atom is 0.296 e. The molecule has 0 fully saturated rings. The molecule has 8 heteroatoms. The Hall–Kier alpha value is -2.48. The third kappa shape index (κ3) is 4.04. The number of carbonyl (C=O) groups excluding carboxylic acids is 1. The Morgan fingerprint density at radius 1 is 1.35 bits per heavy atom. The highest BCUT2D eigenvalue weighted by atomic mass is 79.9. The van der Waals surface area contributed by atoms with Crippen molar-refractivity contribution >= 4 is 33.2 Å². The van der Waals surface area contributed by atoms with Crippen molar-refractivity contribution in [3.63, 3.8) is 0 Å². The molecule has 0 bridgehead atoms. The lowest BCUT2D eigenvalue weighted by Crippen LogP contribution is -2.14. The molecular formula is C15H12BrFN2O4. The smallest absolute Gasteiger partial charge is 0.296 e. The number of carbonyl (C=O) groups is 1. The number of rotatable bonds is 5. The number of anilines is 1. The number of amides is 1. The SMILES string of the molecule is CCOc1ccc(NC(=O)c2ccc(Br)cc2F)c([N+](=O)[O-])c1. The summed E-state index contributed by atoms with van der Waals surface area (Å²) in [5.74, 6) is -1.19. The molecule has 0 heterocycles. The molecule has 120 valence electrons. The van der Waals surface area contributed by atoms with E-state index < -0.39 is 16.6 Å². The molecule has 1 N–H and O–H groups in total. The van der Waals surface area contributed by atoms with Crippen LogP contribution >= 0.6 is 15.9 Å². The van der Waals surface area contributed by atoms with E-state index in [9.17, 15) is 19.3 Å². The molecule has 6 nitrogen and oxygen atoms in total. The van der Waals surface area contributed by atoms with Gasteiger partial charge < -0.3 is 10.1 Å². The lowest BCUT2D eigenvalue weighted by Gasteiger charge is -2.09. The Bertz CT molecular complexity index is 767. The topological polar surface area (TPSA) is 81.5 Å². The molecule has 0 aliphatic rings. The molecule has 0 atom stereocenters. The molecule has 1 amide bonds. The Morgan fingerprint density at radius 2 is 2.09 bits per heavy atom. The van der Waals surface area contributed by atoms with Crippen LogP contribution in [0.2, 0.25) is 0 Å². The number of ether oxygens (including phenoxy) is 1. The summed E-state index contributed by atoms with van der Waals surface area (Å²) in [6.07, 6.45) is 0. The molecule has 2 rings (SSSR count). The Morgan fingerprint density at radius 3 is 2.70 bits per heavy atom. The van der Waals surface area contributed by atoms with E-state index in [1.807, 2.05) is 0 Å². The third-order valence-corrected chi connectivity index (χ3v) is 3.39. The van der Waals surface area contributed by atoms with Crippen LogP contribution in [0.1, 0.15) is 17.3 Å². The zero-order valence-corrected chi connectivity index (χ0v) is 13.6. The lowest BCUT2D eigenvalue weighted by atomic mass is 10.2. The normalized spacial score (nSPS) is 10.2. The summed E-state index contributed by atoms with van der Waals surface area (Å²) in [6, 6.07) is 7.97. The van der Waals surface area contributed by atoms with Crippen LogP contribution < -0.4 is 10.1 Å². The number of nitro groups is 1. The molecule has 0 aromatic heterocycles. The van der Waals surface area contributed by atoms with Gasteiger partial charge in [0.15, 0.2) is 0 Å². The van der Waals surface area contributed by atoms with Gasteiger partial charge in [-0.3, -0.25) is 14.9 Å². The van der Waals surface area contributed by atoms with Gasteiger partial charge in [-0.15, -0.1) is 0 Å². The molecule has 0 unspecified atom stereocenters. The minimum absolute atomic E-state index is 0.0363. The fraction of sp³-hybridized carbons (Fsp3) is 0.133. The first-order valence-corrected chi connectivity index (χ1v) is 7.39. The number of nitro benzene ring substituents is 1. The van der Waals surface area contributed by atoms with E-state index >= 15 is 0 Å². The summed E-state index contributed by atoms with van der Waals surface area (Å²) in [4.78, 5) is 22.6. The summed E-state index contributed by atoms with van der Waals surface area (Å²) < 4.78 is 19.5. The summed E-state index contributed by atoms with van der Waals surface area (Å²) in [7, 11) is 0. The Labute approximate surface area is 139 Å². The van der Waals surface area contributed by atoms with Crippen molar-refractivity contribution in [3.8, 4) is 5.75 Å². The summed E-state index contributed by atoms with van der Waals surface area (Å²) in [5.41, 5.74) is -0.580. The molecule has 2 aromatic rings. The van der Waals surface area contributed by atoms with Crippen LogP contribution in [-0.2, 0) is 0 Å². The number of hydrogen-bond acceptors (Lipinski definition) is 4. The minimum Gasteiger partial charge on any atom is -0.494 e. The molecule has 0 aliphatic carbocycles. The number of halogens is 2. The first kappa shape index (κ1) is 16.9. The Balaban J connectivity index is 2.31. The molecule has 0 saturated heterocycles. The van der Waals surface area contributed by atoms with Crippen molar-refractivity contribution in [1.29, 1.82) is 0 Å². The summed E-state index contributed by atoms with van der Waals surface area (Å²) in [5, 5.41) is 13.5. The molecule has 0 aliphatic heterocycles. The number of nitrogens with zero attached hydrogens (tertiary/aromatic N) is 1. The van der Waals surface area contributed by atoms with Crippen molar-refractivity contribution in [2.45, 2.75) is 6.92 Å². The second-order valence-corrected chi connectivity index (χ2v) is 5.36. The zero-order valence-electron chi connectivity index (χ0n) is 12.0. The van der Waals surface area contributed by atoms with E-state index in [0.29, 0.717) is 16.8 Å². The molecule has 2 aromatic carbocycles.